The molecule has 0 aliphatic rings. The van der Waals surface area contributed by atoms with E-state index < -0.39 is 0 Å². The average Bonchev–Trinajstić information content (AvgIpc) is 2.81. The minimum absolute atomic E-state index is 0.0518. The zero-order valence-electron chi connectivity index (χ0n) is 12.8. The molecule has 20 heavy (non-hydrogen) atoms. The Kier molecular flexibility index (Phi) is 5.95. The monoisotopic (exact) mass is 279 g/mol. The van der Waals surface area contributed by atoms with Gasteiger partial charge in [0.2, 0.25) is 5.91 Å². The number of carbonyl (C=O) groups is 1. The van der Waals surface area contributed by atoms with E-state index in [2.05, 4.69) is 31.2 Å². The molecule has 5 heteroatoms. The summed E-state index contributed by atoms with van der Waals surface area (Å²) in [5.41, 5.74) is 0.949. The minimum atomic E-state index is -0.219. The van der Waals surface area contributed by atoms with Crippen LogP contribution in [0.4, 0.5) is 0 Å². The first-order chi connectivity index (χ1) is 9.35. The molecule has 1 rings (SSSR count). The van der Waals surface area contributed by atoms with Crippen molar-refractivity contribution in [3.63, 3.8) is 0 Å². The summed E-state index contributed by atoms with van der Waals surface area (Å²) in [6.45, 7) is 8.95. The Bertz CT molecular complexity index is 458. The summed E-state index contributed by atoms with van der Waals surface area (Å²) in [5.74, 6) is -0.197. The lowest BCUT2D eigenvalue weighted by atomic mass is 9.88. The van der Waals surface area contributed by atoms with E-state index in [-0.39, 0.29) is 24.0 Å². The van der Waals surface area contributed by atoms with Crippen LogP contribution >= 0.6 is 0 Å². The predicted octanol–water partition coefficient (Wildman–Crippen LogP) is 1.83. The van der Waals surface area contributed by atoms with Crippen molar-refractivity contribution >= 4 is 12.0 Å². The van der Waals surface area contributed by atoms with E-state index in [1.165, 1.54) is 6.08 Å². The summed E-state index contributed by atoms with van der Waals surface area (Å²) in [5, 5.41) is 16.3. The SMILES string of the molecule is CCn1nccc1/C=C/C(=O)NC(CO)CC(C)(C)C. The Balaban J connectivity index is 2.58. The highest BCUT2D eigenvalue weighted by atomic mass is 16.3. The van der Waals surface area contributed by atoms with E-state index in [0.29, 0.717) is 0 Å². The second-order valence-corrected chi connectivity index (χ2v) is 6.06. The number of aromatic nitrogens is 2. The van der Waals surface area contributed by atoms with Gasteiger partial charge in [-0.05, 0) is 30.9 Å². The molecule has 0 aromatic carbocycles. The number of aliphatic hydroxyl groups is 1. The van der Waals surface area contributed by atoms with Gasteiger partial charge in [-0.25, -0.2) is 0 Å². The van der Waals surface area contributed by atoms with Gasteiger partial charge in [-0.3, -0.25) is 9.48 Å². The summed E-state index contributed by atoms with van der Waals surface area (Å²) in [6, 6.07) is 1.63. The molecule has 0 fully saturated rings. The molecule has 1 aromatic heterocycles. The van der Waals surface area contributed by atoms with Gasteiger partial charge >= 0.3 is 0 Å². The summed E-state index contributed by atoms with van der Waals surface area (Å²) >= 11 is 0. The second-order valence-electron chi connectivity index (χ2n) is 6.06. The van der Waals surface area contributed by atoms with Crippen LogP contribution in [0, 0.1) is 5.41 Å². The molecule has 0 saturated carbocycles. The van der Waals surface area contributed by atoms with Crippen LogP contribution in [0.1, 0.15) is 39.8 Å². The van der Waals surface area contributed by atoms with Crippen molar-refractivity contribution in [3.8, 4) is 0 Å². The average molecular weight is 279 g/mol. The van der Waals surface area contributed by atoms with Crippen LogP contribution in [0.3, 0.4) is 0 Å². The molecule has 2 N–H and O–H groups in total. The van der Waals surface area contributed by atoms with E-state index >= 15 is 0 Å². The summed E-state index contributed by atoms with van der Waals surface area (Å²) in [4.78, 5) is 11.9. The third kappa shape index (κ3) is 5.57. The lowest BCUT2D eigenvalue weighted by molar-refractivity contribution is -0.117. The van der Waals surface area contributed by atoms with Gasteiger partial charge in [0.25, 0.3) is 0 Å². The van der Waals surface area contributed by atoms with E-state index in [4.69, 9.17) is 0 Å². The van der Waals surface area contributed by atoms with Crippen LogP contribution < -0.4 is 5.32 Å². The normalized spacial score (nSPS) is 13.7. The molecule has 0 bridgehead atoms. The van der Waals surface area contributed by atoms with E-state index in [9.17, 15) is 9.90 Å². The Morgan fingerprint density at radius 3 is 2.80 bits per heavy atom. The third-order valence-electron chi connectivity index (χ3n) is 2.88. The molecule has 1 atom stereocenters. The largest absolute Gasteiger partial charge is 0.394 e. The fraction of sp³-hybridized carbons (Fsp3) is 0.600. The molecule has 0 radical (unpaired) electrons. The van der Waals surface area contributed by atoms with Crippen molar-refractivity contribution in [2.24, 2.45) is 5.41 Å². The number of hydrogen-bond acceptors (Lipinski definition) is 3. The van der Waals surface area contributed by atoms with Gasteiger partial charge in [0.05, 0.1) is 18.3 Å². The third-order valence-corrected chi connectivity index (χ3v) is 2.88. The van der Waals surface area contributed by atoms with Crippen molar-refractivity contribution in [3.05, 3.63) is 24.0 Å². The highest BCUT2D eigenvalue weighted by Gasteiger charge is 2.18. The highest BCUT2D eigenvalue weighted by Crippen LogP contribution is 2.20. The molecule has 112 valence electrons. The molecule has 1 heterocycles. The number of aryl methyl sites for hydroxylation is 1. The number of carbonyl (C=O) groups excluding carboxylic acids is 1. The van der Waals surface area contributed by atoms with Gasteiger partial charge in [-0.1, -0.05) is 20.8 Å². The van der Waals surface area contributed by atoms with Crippen molar-refractivity contribution in [2.45, 2.75) is 46.7 Å². The van der Waals surface area contributed by atoms with Gasteiger partial charge in [-0.2, -0.15) is 5.10 Å². The molecule has 1 unspecified atom stereocenters. The smallest absolute Gasteiger partial charge is 0.244 e. The van der Waals surface area contributed by atoms with Crippen LogP contribution in [-0.2, 0) is 11.3 Å². The maximum atomic E-state index is 11.9. The number of rotatable bonds is 6. The number of nitrogens with zero attached hydrogens (tertiary/aromatic N) is 2. The maximum absolute atomic E-state index is 11.9. The molecule has 0 saturated heterocycles. The number of nitrogens with one attached hydrogen (secondary N) is 1. The summed E-state index contributed by atoms with van der Waals surface area (Å²) < 4.78 is 1.81. The quantitative estimate of drug-likeness (QED) is 0.781. The van der Waals surface area contributed by atoms with Gasteiger partial charge in [0.15, 0.2) is 0 Å². The standard InChI is InChI=1S/C15H25N3O2/c1-5-18-13(8-9-16-18)6-7-14(20)17-12(11-19)10-15(2,3)4/h6-9,12,19H,5,10-11H2,1-4H3,(H,17,20)/b7-6+. The topological polar surface area (TPSA) is 67.2 Å². The summed E-state index contributed by atoms with van der Waals surface area (Å²) in [7, 11) is 0. The number of amides is 1. The van der Waals surface area contributed by atoms with E-state index in [1.54, 1.807) is 12.3 Å². The zero-order valence-corrected chi connectivity index (χ0v) is 12.8. The molecule has 1 amide bonds. The molecule has 0 aliphatic carbocycles. The van der Waals surface area contributed by atoms with Gasteiger partial charge < -0.3 is 10.4 Å². The molecule has 5 nitrogen and oxygen atoms in total. The number of hydrogen-bond donors (Lipinski definition) is 2. The fourth-order valence-corrected chi connectivity index (χ4v) is 2.06. The van der Waals surface area contributed by atoms with Gasteiger partial charge in [0, 0.05) is 18.8 Å². The van der Waals surface area contributed by atoms with Crippen molar-refractivity contribution in [2.75, 3.05) is 6.61 Å². The van der Waals surface area contributed by atoms with Crippen LogP contribution in [0.25, 0.3) is 6.08 Å². The van der Waals surface area contributed by atoms with Crippen LogP contribution in [0.5, 0.6) is 0 Å². The van der Waals surface area contributed by atoms with Crippen LogP contribution in [-0.4, -0.2) is 33.4 Å². The molecule has 1 aromatic rings. The first-order valence-electron chi connectivity index (χ1n) is 6.97. The van der Waals surface area contributed by atoms with Crippen molar-refractivity contribution in [1.82, 2.24) is 15.1 Å². The summed E-state index contributed by atoms with van der Waals surface area (Å²) in [6.07, 6.45) is 5.65. The van der Waals surface area contributed by atoms with Crippen molar-refractivity contribution in [1.29, 1.82) is 0 Å². The molecule has 0 spiro atoms. The lowest BCUT2D eigenvalue weighted by Crippen LogP contribution is -2.39. The van der Waals surface area contributed by atoms with Crippen molar-refractivity contribution < 1.29 is 9.90 Å². The zero-order chi connectivity index (χ0) is 15.2. The molecular weight excluding hydrogens is 254 g/mol. The Morgan fingerprint density at radius 2 is 2.25 bits per heavy atom. The molecular formula is C15H25N3O2. The fourth-order valence-electron chi connectivity index (χ4n) is 2.06. The highest BCUT2D eigenvalue weighted by molar-refractivity contribution is 5.91. The van der Waals surface area contributed by atoms with E-state index in [0.717, 1.165) is 18.7 Å². The first-order valence-corrected chi connectivity index (χ1v) is 6.97. The number of aliphatic hydroxyl groups excluding tert-OH is 1. The van der Waals surface area contributed by atoms with Crippen LogP contribution in [0.2, 0.25) is 0 Å². The Labute approximate surface area is 120 Å². The first kappa shape index (κ1) is 16.4. The Morgan fingerprint density at radius 1 is 1.55 bits per heavy atom. The van der Waals surface area contributed by atoms with Gasteiger partial charge in [0.1, 0.15) is 0 Å². The maximum Gasteiger partial charge on any atom is 0.244 e. The Hall–Kier alpha value is -1.62. The van der Waals surface area contributed by atoms with Gasteiger partial charge in [-0.15, -0.1) is 0 Å². The van der Waals surface area contributed by atoms with E-state index in [1.807, 2.05) is 17.7 Å². The predicted molar refractivity (Wildman–Crippen MR) is 80.0 cm³/mol. The molecule has 0 aliphatic heterocycles. The lowest BCUT2D eigenvalue weighted by Gasteiger charge is -2.24. The van der Waals surface area contributed by atoms with Crippen LogP contribution in [0.15, 0.2) is 18.3 Å². The second kappa shape index (κ2) is 7.24. The minimum Gasteiger partial charge on any atom is -0.394 e.